The third-order valence-electron chi connectivity index (χ3n) is 1.41. The van der Waals surface area contributed by atoms with Crippen LogP contribution >= 0.6 is 0 Å². The van der Waals surface area contributed by atoms with Gasteiger partial charge < -0.3 is 45.2 Å². The highest BCUT2D eigenvalue weighted by Gasteiger charge is 2.56. The molecule has 0 spiro atoms. The summed E-state index contributed by atoms with van der Waals surface area (Å²) in [6, 6.07) is 0. The fourth-order valence-electron chi connectivity index (χ4n) is 1.23. The van der Waals surface area contributed by atoms with Crippen LogP contribution in [0.25, 0.3) is 0 Å². The van der Waals surface area contributed by atoms with Crippen LogP contribution < -0.4 is 0 Å². The Bertz CT molecular complexity index is 312. The molecule has 0 heterocycles. The zero-order valence-electron chi connectivity index (χ0n) is 11.9. The molecule has 0 fully saturated rings. The molecule has 0 aromatic rings. The molecule has 6 N–H and O–H groups in total. The van der Waals surface area contributed by atoms with Crippen molar-refractivity contribution in [2.75, 3.05) is 0 Å². The third-order valence-corrected chi connectivity index (χ3v) is 12.7. The van der Waals surface area contributed by atoms with Crippen molar-refractivity contribution in [1.82, 2.24) is 0 Å². The van der Waals surface area contributed by atoms with E-state index in [1.165, 1.54) is 0 Å². The summed E-state index contributed by atoms with van der Waals surface area (Å²) in [5.41, 5.74) is 0. The maximum Gasteiger partial charge on any atom is 0.651 e. The van der Waals surface area contributed by atoms with Gasteiger partial charge in [-0.15, -0.1) is 0 Å². The summed E-state index contributed by atoms with van der Waals surface area (Å²) in [5.74, 6) is 0. The molecule has 15 heteroatoms. The second kappa shape index (κ2) is 6.85. The Morgan fingerprint density at radius 1 is 0.700 bits per heavy atom. The molecule has 0 aliphatic rings. The van der Waals surface area contributed by atoms with Gasteiger partial charge in [0.1, 0.15) is 0 Å². The predicted molar refractivity (Wildman–Crippen MR) is 77.1 cm³/mol. The van der Waals surface area contributed by atoms with E-state index in [-0.39, 0.29) is 0 Å². The first kappa shape index (κ1) is 20.7. The molecule has 0 aliphatic heterocycles. The largest absolute Gasteiger partial charge is 0.651 e. The van der Waals surface area contributed by atoms with Crippen molar-refractivity contribution in [3.8, 4) is 0 Å². The van der Waals surface area contributed by atoms with E-state index in [2.05, 4.69) is 8.23 Å². The van der Waals surface area contributed by atoms with Gasteiger partial charge in [0.2, 0.25) is 0 Å². The Morgan fingerprint density at radius 2 is 1.10 bits per heavy atom. The molecule has 0 aliphatic carbocycles. The zero-order chi connectivity index (χ0) is 16.4. The van der Waals surface area contributed by atoms with Crippen LogP contribution in [0.4, 0.5) is 0 Å². The van der Waals surface area contributed by atoms with Gasteiger partial charge in [-0.05, 0) is 13.1 Å². The summed E-state index contributed by atoms with van der Waals surface area (Å²) in [6.45, 7) is 6.26. The quantitative estimate of drug-likeness (QED) is 0.241. The molecule has 0 saturated carbocycles. The van der Waals surface area contributed by atoms with E-state index in [9.17, 15) is 28.8 Å². The maximum atomic E-state index is 10.1. The second-order valence-corrected chi connectivity index (χ2v) is 16.8. The average molecular weight is 383 g/mol. The topological polar surface area (TPSA) is 158 Å². The van der Waals surface area contributed by atoms with Gasteiger partial charge >= 0.3 is 35.5 Å². The molecule has 2 unspecified atom stereocenters. The first-order valence-corrected chi connectivity index (χ1v) is 17.0. The lowest BCUT2D eigenvalue weighted by Crippen LogP contribution is -2.64. The Balaban J connectivity index is 5.06. The molecular formula is C5H22O10Si5. The van der Waals surface area contributed by atoms with Crippen LogP contribution in [-0.4, -0.2) is 73.3 Å². The molecule has 10 nitrogen and oxygen atoms in total. The van der Waals surface area contributed by atoms with Crippen LogP contribution in [0.5, 0.6) is 0 Å². The fraction of sp³-hybridized carbons (Fsp3) is 1.00. The zero-order valence-corrected chi connectivity index (χ0v) is 17.0. The van der Waals surface area contributed by atoms with Gasteiger partial charge in [-0.2, -0.15) is 0 Å². The Morgan fingerprint density at radius 3 is 1.40 bits per heavy atom. The summed E-state index contributed by atoms with van der Waals surface area (Å²) >= 11 is 0. The highest BCUT2D eigenvalue weighted by Crippen LogP contribution is 2.19. The lowest BCUT2D eigenvalue weighted by atomic mass is 11.9. The molecule has 0 amide bonds. The van der Waals surface area contributed by atoms with E-state index in [0.717, 1.165) is 19.6 Å². The smallest absolute Gasteiger partial charge is 0.398 e. The van der Waals surface area contributed by atoms with Crippen LogP contribution in [0.2, 0.25) is 32.7 Å². The van der Waals surface area contributed by atoms with Crippen molar-refractivity contribution in [2.45, 2.75) is 32.7 Å². The predicted octanol–water partition coefficient (Wildman–Crippen LogP) is -2.87. The number of hydrogen-bond donors (Lipinski definition) is 6. The van der Waals surface area contributed by atoms with Crippen molar-refractivity contribution >= 4 is 44.5 Å². The summed E-state index contributed by atoms with van der Waals surface area (Å²) in [7, 11) is -19.0. The van der Waals surface area contributed by atoms with Crippen molar-refractivity contribution in [2.24, 2.45) is 0 Å². The normalized spacial score (nSPS) is 19.8. The van der Waals surface area contributed by atoms with Crippen molar-refractivity contribution in [1.29, 1.82) is 0 Å². The molecule has 0 aromatic heterocycles. The van der Waals surface area contributed by atoms with Crippen molar-refractivity contribution in [3.63, 3.8) is 0 Å². The maximum absolute atomic E-state index is 10.1. The van der Waals surface area contributed by atoms with Gasteiger partial charge in [0.15, 0.2) is 9.04 Å². The molecule has 2 atom stereocenters. The first-order chi connectivity index (χ1) is 8.54. The average Bonchev–Trinajstić information content (AvgIpc) is 1.86. The minimum Gasteiger partial charge on any atom is -0.398 e. The van der Waals surface area contributed by atoms with Gasteiger partial charge in [0, 0.05) is 19.6 Å². The van der Waals surface area contributed by atoms with Gasteiger partial charge in [-0.1, -0.05) is 0 Å². The fourth-order valence-corrected chi connectivity index (χ4v) is 12.7. The molecule has 0 rings (SSSR count). The molecule has 0 saturated heterocycles. The van der Waals surface area contributed by atoms with Gasteiger partial charge in [-0.25, -0.2) is 0 Å². The molecular weight excluding hydrogens is 360 g/mol. The van der Waals surface area contributed by atoms with E-state index >= 15 is 0 Å². The van der Waals surface area contributed by atoms with E-state index < -0.39 is 44.5 Å². The van der Waals surface area contributed by atoms with E-state index in [4.69, 9.17) is 8.23 Å². The van der Waals surface area contributed by atoms with Crippen LogP contribution in [0.3, 0.4) is 0 Å². The van der Waals surface area contributed by atoms with Gasteiger partial charge in [0.25, 0.3) is 0 Å². The van der Waals surface area contributed by atoms with Crippen LogP contribution in [0.15, 0.2) is 0 Å². The third kappa shape index (κ3) is 10.4. The highest BCUT2D eigenvalue weighted by atomic mass is 28.5. The summed E-state index contributed by atoms with van der Waals surface area (Å²) in [5, 5.41) is 0. The van der Waals surface area contributed by atoms with Crippen molar-refractivity contribution < 1.29 is 45.2 Å². The Hall–Kier alpha value is 0.684. The van der Waals surface area contributed by atoms with E-state index in [1.54, 1.807) is 13.1 Å². The number of rotatable bonds is 8. The Labute approximate surface area is 123 Å². The monoisotopic (exact) mass is 382 g/mol. The molecule has 122 valence electrons. The summed E-state index contributed by atoms with van der Waals surface area (Å²) < 4.78 is 19.3. The Kier molecular flexibility index (Phi) is 7.08. The lowest BCUT2D eigenvalue weighted by molar-refractivity contribution is 0.0675. The van der Waals surface area contributed by atoms with Crippen molar-refractivity contribution in [3.05, 3.63) is 0 Å². The van der Waals surface area contributed by atoms with Gasteiger partial charge in [0.05, 0.1) is 0 Å². The standard InChI is InChI=1S/C5H22O10Si5/c1-16(2)12-20(11,14-18(4,8)9)15-19(5,10)13-17(3,6)7/h6-11,16H,1-5H3. The minimum atomic E-state index is -4.57. The lowest BCUT2D eigenvalue weighted by Gasteiger charge is -2.34. The van der Waals surface area contributed by atoms with Crippen LogP contribution in [0.1, 0.15) is 0 Å². The SMILES string of the molecule is C[SiH](C)O[Si](O)(O[Si](C)(O)O)O[Si](C)(O)O[Si](C)(O)O. The van der Waals surface area contributed by atoms with E-state index in [0.29, 0.717) is 0 Å². The molecule has 0 radical (unpaired) electrons. The minimum absolute atomic E-state index is 0.952. The summed E-state index contributed by atoms with van der Waals surface area (Å²) in [4.78, 5) is 57.0. The first-order valence-electron chi connectivity index (χ1n) is 5.66. The molecule has 20 heavy (non-hydrogen) atoms. The second-order valence-electron chi connectivity index (χ2n) is 4.76. The number of hydrogen-bond acceptors (Lipinski definition) is 10. The molecule has 0 aromatic carbocycles. The molecule has 0 bridgehead atoms. The van der Waals surface area contributed by atoms with Gasteiger partial charge in [-0.3, -0.25) is 0 Å². The summed E-state index contributed by atoms with van der Waals surface area (Å²) in [6.07, 6.45) is 0. The van der Waals surface area contributed by atoms with Crippen LogP contribution in [0, 0.1) is 0 Å². The van der Waals surface area contributed by atoms with E-state index in [1.807, 2.05) is 0 Å². The highest BCUT2D eigenvalue weighted by molar-refractivity contribution is 6.81. The van der Waals surface area contributed by atoms with Crippen LogP contribution in [-0.2, 0) is 16.5 Å².